The van der Waals surface area contributed by atoms with Crippen molar-refractivity contribution in [1.82, 2.24) is 15.2 Å². The molecule has 1 saturated carbocycles. The van der Waals surface area contributed by atoms with Gasteiger partial charge in [0.1, 0.15) is 5.82 Å². The molecule has 4 rings (SSSR count). The second kappa shape index (κ2) is 8.82. The number of hydrogen-bond acceptors (Lipinski definition) is 5. The zero-order valence-corrected chi connectivity index (χ0v) is 16.9. The van der Waals surface area contributed by atoms with Crippen LogP contribution in [-0.2, 0) is 11.2 Å². The molecule has 0 spiro atoms. The quantitative estimate of drug-likeness (QED) is 0.524. The van der Waals surface area contributed by atoms with Gasteiger partial charge in [-0.3, -0.25) is 9.89 Å². The highest BCUT2D eigenvalue weighted by atomic mass is 16.5. The van der Waals surface area contributed by atoms with E-state index in [9.17, 15) is 4.79 Å². The average Bonchev–Trinajstić information content (AvgIpc) is 3.49. The van der Waals surface area contributed by atoms with E-state index in [-0.39, 0.29) is 12.5 Å². The van der Waals surface area contributed by atoms with Gasteiger partial charge in [0.05, 0.1) is 7.11 Å². The van der Waals surface area contributed by atoms with Crippen molar-refractivity contribution in [3.8, 4) is 22.9 Å². The number of ether oxygens (including phenoxy) is 2. The second-order valence-electron chi connectivity index (χ2n) is 7.21. The summed E-state index contributed by atoms with van der Waals surface area (Å²) in [5.74, 6) is 2.91. The number of nitrogens with zero attached hydrogens (tertiary/aromatic N) is 2. The molecule has 7 nitrogen and oxygen atoms in total. The van der Waals surface area contributed by atoms with Crippen molar-refractivity contribution in [2.24, 2.45) is 0 Å². The average molecular weight is 404 g/mol. The fourth-order valence-corrected chi connectivity index (χ4v) is 3.14. The standard InChI is InChI=1S/C23H24N4O3/c1-3-5-15-8-11-19(20(12-15)29-2)30-14-21(28)24-18-7-4-6-17(13-18)23-25-22(26-27-23)16-9-10-16/h3-4,6-8,11-13,16H,1,5,9-10,14H2,2H3,(H,24,28)(H,25,26,27). The third kappa shape index (κ3) is 4.68. The summed E-state index contributed by atoms with van der Waals surface area (Å²) >= 11 is 0. The Morgan fingerprint density at radius 3 is 2.90 bits per heavy atom. The molecule has 154 valence electrons. The third-order valence-electron chi connectivity index (χ3n) is 4.84. The molecule has 30 heavy (non-hydrogen) atoms. The first-order valence-corrected chi connectivity index (χ1v) is 9.89. The van der Waals surface area contributed by atoms with Crippen molar-refractivity contribution in [3.63, 3.8) is 0 Å². The van der Waals surface area contributed by atoms with Crippen LogP contribution in [0.15, 0.2) is 55.1 Å². The van der Waals surface area contributed by atoms with Gasteiger partial charge in [-0.25, -0.2) is 4.98 Å². The number of rotatable bonds is 9. The second-order valence-corrected chi connectivity index (χ2v) is 7.21. The van der Waals surface area contributed by atoms with Gasteiger partial charge in [-0.1, -0.05) is 24.3 Å². The summed E-state index contributed by atoms with van der Waals surface area (Å²) in [6, 6.07) is 13.1. The first-order chi connectivity index (χ1) is 14.7. The minimum Gasteiger partial charge on any atom is -0.493 e. The summed E-state index contributed by atoms with van der Waals surface area (Å²) in [6.07, 6.45) is 4.88. The smallest absolute Gasteiger partial charge is 0.262 e. The minimum absolute atomic E-state index is 0.131. The molecule has 1 fully saturated rings. The third-order valence-corrected chi connectivity index (χ3v) is 4.84. The van der Waals surface area contributed by atoms with E-state index in [1.807, 2.05) is 42.5 Å². The van der Waals surface area contributed by atoms with Gasteiger partial charge >= 0.3 is 0 Å². The number of hydrogen-bond donors (Lipinski definition) is 2. The monoisotopic (exact) mass is 404 g/mol. The number of benzene rings is 2. The molecule has 1 aliphatic carbocycles. The number of allylic oxidation sites excluding steroid dienone is 1. The molecular formula is C23H24N4O3. The molecule has 0 unspecified atom stereocenters. The van der Waals surface area contributed by atoms with Crippen LogP contribution in [0, 0.1) is 0 Å². The summed E-state index contributed by atoms with van der Waals surface area (Å²) in [5, 5.41) is 10.1. The number of methoxy groups -OCH3 is 1. The van der Waals surface area contributed by atoms with E-state index in [4.69, 9.17) is 9.47 Å². The zero-order chi connectivity index (χ0) is 20.9. The number of anilines is 1. The number of carbonyl (C=O) groups excluding carboxylic acids is 1. The highest BCUT2D eigenvalue weighted by Gasteiger charge is 2.27. The van der Waals surface area contributed by atoms with Crippen LogP contribution in [0.4, 0.5) is 5.69 Å². The van der Waals surface area contributed by atoms with Crippen LogP contribution in [0.1, 0.15) is 30.1 Å². The normalized spacial score (nSPS) is 13.0. The van der Waals surface area contributed by atoms with Gasteiger partial charge < -0.3 is 14.8 Å². The van der Waals surface area contributed by atoms with Crippen LogP contribution < -0.4 is 14.8 Å². The summed E-state index contributed by atoms with van der Waals surface area (Å²) in [6.45, 7) is 3.60. The highest BCUT2D eigenvalue weighted by molar-refractivity contribution is 5.92. The van der Waals surface area contributed by atoms with Gasteiger partial charge in [0, 0.05) is 17.2 Å². The Morgan fingerprint density at radius 1 is 1.27 bits per heavy atom. The lowest BCUT2D eigenvalue weighted by molar-refractivity contribution is -0.118. The van der Waals surface area contributed by atoms with E-state index >= 15 is 0 Å². The predicted octanol–water partition coefficient (Wildman–Crippen LogP) is 4.10. The fraction of sp³-hybridized carbons (Fsp3) is 0.261. The number of H-pyrrole nitrogens is 1. The highest BCUT2D eigenvalue weighted by Crippen LogP contribution is 2.38. The van der Waals surface area contributed by atoms with E-state index in [2.05, 4.69) is 27.1 Å². The zero-order valence-electron chi connectivity index (χ0n) is 16.9. The van der Waals surface area contributed by atoms with Gasteiger partial charge in [0.25, 0.3) is 5.91 Å². The summed E-state index contributed by atoms with van der Waals surface area (Å²) < 4.78 is 11.0. The van der Waals surface area contributed by atoms with Crippen molar-refractivity contribution in [1.29, 1.82) is 0 Å². The number of amides is 1. The first-order valence-electron chi connectivity index (χ1n) is 9.89. The molecule has 1 heterocycles. The van der Waals surface area contributed by atoms with E-state index < -0.39 is 0 Å². The fourth-order valence-electron chi connectivity index (χ4n) is 3.14. The van der Waals surface area contributed by atoms with Crippen LogP contribution in [-0.4, -0.2) is 34.8 Å². The van der Waals surface area contributed by atoms with Crippen molar-refractivity contribution >= 4 is 11.6 Å². The molecule has 7 heteroatoms. The Balaban J connectivity index is 1.37. The molecule has 0 atom stereocenters. The first kappa shape index (κ1) is 19.7. The predicted molar refractivity (Wildman–Crippen MR) is 115 cm³/mol. The van der Waals surface area contributed by atoms with Gasteiger partial charge in [-0.15, -0.1) is 6.58 Å². The number of nitrogens with one attached hydrogen (secondary N) is 2. The maximum Gasteiger partial charge on any atom is 0.262 e. The van der Waals surface area contributed by atoms with Crippen LogP contribution in [0.25, 0.3) is 11.4 Å². The Bertz CT molecular complexity index is 1060. The molecular weight excluding hydrogens is 380 g/mol. The maximum absolute atomic E-state index is 12.4. The molecule has 0 radical (unpaired) electrons. The maximum atomic E-state index is 12.4. The molecule has 0 saturated heterocycles. The summed E-state index contributed by atoms with van der Waals surface area (Å²) in [5.41, 5.74) is 2.57. The van der Waals surface area contributed by atoms with Gasteiger partial charge in [-0.05, 0) is 49.1 Å². The van der Waals surface area contributed by atoms with Crippen molar-refractivity contribution < 1.29 is 14.3 Å². The molecule has 1 aliphatic rings. The minimum atomic E-state index is -0.266. The van der Waals surface area contributed by atoms with E-state index in [1.165, 1.54) is 0 Å². The molecule has 0 aliphatic heterocycles. The van der Waals surface area contributed by atoms with Crippen molar-refractivity contribution in [2.45, 2.75) is 25.2 Å². The van der Waals surface area contributed by atoms with Crippen molar-refractivity contribution in [3.05, 3.63) is 66.5 Å². The lowest BCUT2D eigenvalue weighted by Crippen LogP contribution is -2.20. The van der Waals surface area contributed by atoms with Gasteiger partial charge in [-0.2, -0.15) is 5.10 Å². The topological polar surface area (TPSA) is 89.1 Å². The van der Waals surface area contributed by atoms with Crippen LogP contribution in [0.2, 0.25) is 0 Å². The summed E-state index contributed by atoms with van der Waals surface area (Å²) in [7, 11) is 1.57. The van der Waals surface area contributed by atoms with E-state index in [0.29, 0.717) is 28.9 Å². The van der Waals surface area contributed by atoms with Crippen LogP contribution in [0.5, 0.6) is 11.5 Å². The number of aromatic amines is 1. The Hall–Kier alpha value is -3.61. The molecule has 1 aromatic heterocycles. The summed E-state index contributed by atoms with van der Waals surface area (Å²) in [4.78, 5) is 16.9. The SMILES string of the molecule is C=CCc1ccc(OCC(=O)Nc2cccc(-c3n[nH]c(C4CC4)n3)c2)c(OC)c1. The lowest BCUT2D eigenvalue weighted by atomic mass is 10.1. The lowest BCUT2D eigenvalue weighted by Gasteiger charge is -2.12. The largest absolute Gasteiger partial charge is 0.493 e. The Labute approximate surface area is 175 Å². The van der Waals surface area contributed by atoms with Crippen molar-refractivity contribution in [2.75, 3.05) is 19.0 Å². The van der Waals surface area contributed by atoms with Gasteiger partial charge in [0.15, 0.2) is 23.9 Å². The molecule has 2 aromatic carbocycles. The molecule has 3 aromatic rings. The Morgan fingerprint density at radius 2 is 2.13 bits per heavy atom. The number of carbonyl (C=O) groups is 1. The van der Waals surface area contributed by atoms with Crippen LogP contribution >= 0.6 is 0 Å². The Kier molecular flexibility index (Phi) is 5.79. The van der Waals surface area contributed by atoms with E-state index in [0.717, 1.165) is 36.2 Å². The molecule has 2 N–H and O–H groups in total. The molecule has 1 amide bonds. The number of aromatic nitrogens is 3. The van der Waals surface area contributed by atoms with E-state index in [1.54, 1.807) is 13.2 Å². The molecule has 0 bridgehead atoms. The van der Waals surface area contributed by atoms with Gasteiger partial charge in [0.2, 0.25) is 0 Å². The van der Waals surface area contributed by atoms with Crippen LogP contribution in [0.3, 0.4) is 0 Å².